The Labute approximate surface area is 239 Å². The predicted molar refractivity (Wildman–Crippen MR) is 160 cm³/mol. The average Bonchev–Trinajstić information content (AvgIpc) is 3.02. The van der Waals surface area contributed by atoms with E-state index in [-0.39, 0.29) is 0 Å². The Kier molecular flexibility index (Phi) is 10.6. The second kappa shape index (κ2) is 15.2. The molecule has 0 saturated carbocycles. The second-order valence-electron chi connectivity index (χ2n) is 8.83. The molecule has 4 aromatic rings. The van der Waals surface area contributed by atoms with Crippen LogP contribution in [-0.4, -0.2) is 31.4 Å². The van der Waals surface area contributed by atoms with Crippen molar-refractivity contribution in [1.29, 1.82) is 0 Å². The van der Waals surface area contributed by atoms with Crippen molar-refractivity contribution in [1.82, 2.24) is 0 Å². The number of carbonyl (C=O) groups is 2. The summed E-state index contributed by atoms with van der Waals surface area (Å²) in [6, 6.07) is 31.4. The van der Waals surface area contributed by atoms with Crippen molar-refractivity contribution >= 4 is 23.8 Å². The van der Waals surface area contributed by atoms with E-state index in [1.165, 1.54) is 0 Å². The molecule has 0 saturated heterocycles. The van der Waals surface area contributed by atoms with Crippen molar-refractivity contribution in [2.24, 2.45) is 4.99 Å². The highest BCUT2D eigenvalue weighted by Crippen LogP contribution is 2.17. The third-order valence-corrected chi connectivity index (χ3v) is 5.75. The van der Waals surface area contributed by atoms with E-state index in [9.17, 15) is 9.59 Å². The van der Waals surface area contributed by atoms with E-state index < -0.39 is 11.9 Å². The molecule has 0 bridgehead atoms. The van der Waals surface area contributed by atoms with E-state index in [1.54, 1.807) is 36.4 Å². The maximum absolute atomic E-state index is 12.5. The van der Waals surface area contributed by atoms with Gasteiger partial charge in [0.2, 0.25) is 0 Å². The molecule has 0 unspecified atom stereocenters. The molecule has 0 aliphatic heterocycles. The van der Waals surface area contributed by atoms with Gasteiger partial charge in [-0.05, 0) is 91.2 Å². The number of para-hydroxylation sites is 1. The lowest BCUT2D eigenvalue weighted by atomic mass is 10.1. The Bertz CT molecular complexity index is 1530. The lowest BCUT2D eigenvalue weighted by Gasteiger charge is -2.08. The molecule has 204 valence electrons. The Morgan fingerprint density at radius 2 is 1.34 bits per heavy atom. The van der Waals surface area contributed by atoms with Crippen LogP contribution in [0, 0.1) is 11.8 Å². The Morgan fingerprint density at radius 3 is 2.00 bits per heavy atom. The van der Waals surface area contributed by atoms with E-state index in [4.69, 9.17) is 14.2 Å². The smallest absolute Gasteiger partial charge is 0.343 e. The number of esters is 2. The number of rotatable bonds is 11. The first-order valence-electron chi connectivity index (χ1n) is 13.1. The highest BCUT2D eigenvalue weighted by molar-refractivity contribution is 5.91. The fourth-order valence-corrected chi connectivity index (χ4v) is 3.55. The molecule has 0 fully saturated rings. The first-order valence-corrected chi connectivity index (χ1v) is 13.1. The molecule has 0 heterocycles. The maximum Gasteiger partial charge on any atom is 0.343 e. The van der Waals surface area contributed by atoms with Crippen LogP contribution in [0.15, 0.2) is 121 Å². The molecular formula is C35H29NO5. The largest absolute Gasteiger partial charge is 0.494 e. The van der Waals surface area contributed by atoms with Crippen LogP contribution in [-0.2, 0) is 9.53 Å². The average molecular weight is 544 g/mol. The van der Waals surface area contributed by atoms with Gasteiger partial charge in [0.1, 0.15) is 11.5 Å². The van der Waals surface area contributed by atoms with Crippen molar-refractivity contribution in [3.8, 4) is 23.3 Å². The van der Waals surface area contributed by atoms with Crippen LogP contribution in [0.2, 0.25) is 0 Å². The molecule has 41 heavy (non-hydrogen) atoms. The molecule has 0 aromatic heterocycles. The molecule has 0 aliphatic carbocycles. The summed E-state index contributed by atoms with van der Waals surface area (Å²) in [6.45, 7) is 4.15. The van der Waals surface area contributed by atoms with Crippen molar-refractivity contribution in [2.45, 2.75) is 12.8 Å². The van der Waals surface area contributed by atoms with E-state index in [0.29, 0.717) is 36.7 Å². The summed E-state index contributed by atoms with van der Waals surface area (Å²) >= 11 is 0. The summed E-state index contributed by atoms with van der Waals surface area (Å²) in [6.07, 6.45) is 4.38. The fraction of sp³-hybridized carbons (Fsp3) is 0.114. The van der Waals surface area contributed by atoms with E-state index in [1.807, 2.05) is 72.9 Å². The first-order chi connectivity index (χ1) is 20.1. The number of hydrogen-bond donors (Lipinski definition) is 0. The normalized spacial score (nSPS) is 10.3. The summed E-state index contributed by atoms with van der Waals surface area (Å²) < 4.78 is 16.1. The van der Waals surface area contributed by atoms with Crippen LogP contribution in [0.5, 0.6) is 11.5 Å². The van der Waals surface area contributed by atoms with Crippen LogP contribution < -0.4 is 9.47 Å². The van der Waals surface area contributed by atoms with Gasteiger partial charge in [-0.3, -0.25) is 4.99 Å². The van der Waals surface area contributed by atoms with Crippen LogP contribution in [0.25, 0.3) is 0 Å². The topological polar surface area (TPSA) is 74.2 Å². The molecule has 0 spiro atoms. The van der Waals surface area contributed by atoms with E-state index >= 15 is 0 Å². The fourth-order valence-electron chi connectivity index (χ4n) is 3.55. The predicted octanol–water partition coefficient (Wildman–Crippen LogP) is 6.94. The Hall–Kier alpha value is -5.41. The number of ether oxygens (including phenoxy) is 3. The van der Waals surface area contributed by atoms with Gasteiger partial charge in [0.05, 0.1) is 24.5 Å². The zero-order valence-electron chi connectivity index (χ0n) is 22.5. The first kappa shape index (κ1) is 28.6. The number of benzene rings is 4. The van der Waals surface area contributed by atoms with Crippen LogP contribution in [0.4, 0.5) is 5.69 Å². The van der Waals surface area contributed by atoms with E-state index in [0.717, 1.165) is 34.9 Å². The van der Waals surface area contributed by atoms with Gasteiger partial charge in [-0.1, -0.05) is 48.8 Å². The molecular weight excluding hydrogens is 514 g/mol. The summed E-state index contributed by atoms with van der Waals surface area (Å²) in [5.74, 6) is 6.46. The molecule has 0 atom stereocenters. The van der Waals surface area contributed by atoms with Gasteiger partial charge in [0.25, 0.3) is 0 Å². The van der Waals surface area contributed by atoms with Gasteiger partial charge in [0, 0.05) is 23.4 Å². The van der Waals surface area contributed by atoms with Crippen molar-refractivity contribution in [3.05, 3.63) is 138 Å². The summed E-state index contributed by atoms with van der Waals surface area (Å²) in [5.41, 5.74) is 4.00. The molecule has 4 aromatic carbocycles. The standard InChI is InChI=1S/C35H29NO5/c1-2-34(37)40-25-7-6-24-39-32-22-18-30(19-23-32)35(38)41-33-20-16-28(17-21-33)11-10-27-12-14-29(15-13-27)26-36-31-8-4-3-5-9-31/h2-5,8-9,12-23,26H,1,6-7,24-25H2. The van der Waals surface area contributed by atoms with E-state index in [2.05, 4.69) is 23.4 Å². The third kappa shape index (κ3) is 9.68. The van der Waals surface area contributed by atoms with Gasteiger partial charge >= 0.3 is 11.9 Å². The molecule has 0 N–H and O–H groups in total. The van der Waals surface area contributed by atoms with Crippen molar-refractivity contribution in [3.63, 3.8) is 0 Å². The number of carbonyl (C=O) groups excluding carboxylic acids is 2. The molecule has 6 heteroatoms. The van der Waals surface area contributed by atoms with Gasteiger partial charge in [-0.2, -0.15) is 0 Å². The summed E-state index contributed by atoms with van der Waals surface area (Å²) in [4.78, 5) is 28.0. The summed E-state index contributed by atoms with van der Waals surface area (Å²) in [7, 11) is 0. The third-order valence-electron chi connectivity index (χ3n) is 5.75. The quantitative estimate of drug-likeness (QED) is 0.0511. The van der Waals surface area contributed by atoms with Gasteiger partial charge in [-0.15, -0.1) is 0 Å². The minimum atomic E-state index is -0.463. The number of nitrogens with zero attached hydrogens (tertiary/aromatic N) is 1. The minimum absolute atomic E-state index is 0.326. The van der Waals surface area contributed by atoms with Crippen LogP contribution >= 0.6 is 0 Å². The highest BCUT2D eigenvalue weighted by Gasteiger charge is 2.09. The van der Waals surface area contributed by atoms with Gasteiger partial charge < -0.3 is 14.2 Å². The summed E-state index contributed by atoms with van der Waals surface area (Å²) in [5, 5.41) is 0. The lowest BCUT2D eigenvalue weighted by Crippen LogP contribution is -2.08. The van der Waals surface area contributed by atoms with Crippen LogP contribution in [0.3, 0.4) is 0 Å². The van der Waals surface area contributed by atoms with Crippen molar-refractivity contribution in [2.75, 3.05) is 13.2 Å². The number of unbranched alkanes of at least 4 members (excludes halogenated alkanes) is 1. The molecule has 4 rings (SSSR count). The zero-order chi connectivity index (χ0) is 28.7. The molecule has 6 nitrogen and oxygen atoms in total. The van der Waals surface area contributed by atoms with Crippen molar-refractivity contribution < 1.29 is 23.8 Å². The molecule has 0 radical (unpaired) electrons. The van der Waals surface area contributed by atoms with Gasteiger partial charge in [0.15, 0.2) is 0 Å². The Morgan fingerprint density at radius 1 is 0.732 bits per heavy atom. The number of aliphatic imine (C=N–C) groups is 1. The van der Waals surface area contributed by atoms with Crippen LogP contribution in [0.1, 0.15) is 39.9 Å². The second-order valence-corrected chi connectivity index (χ2v) is 8.83. The Balaban J connectivity index is 1.22. The SMILES string of the molecule is C=CC(=O)OCCCCOc1ccc(C(=O)Oc2ccc(C#Cc3ccc(C=Nc4ccccc4)cc3)cc2)cc1. The monoisotopic (exact) mass is 543 g/mol. The lowest BCUT2D eigenvalue weighted by molar-refractivity contribution is -0.137. The zero-order valence-corrected chi connectivity index (χ0v) is 22.5. The molecule has 0 aliphatic rings. The van der Waals surface area contributed by atoms with Gasteiger partial charge in [-0.25, -0.2) is 9.59 Å². The molecule has 0 amide bonds. The minimum Gasteiger partial charge on any atom is -0.494 e. The number of hydrogen-bond acceptors (Lipinski definition) is 6. The highest BCUT2D eigenvalue weighted by atomic mass is 16.5. The maximum atomic E-state index is 12.5.